The van der Waals surface area contributed by atoms with E-state index in [1.165, 1.54) is 24.6 Å². The fourth-order valence-electron chi connectivity index (χ4n) is 0.807. The third-order valence-corrected chi connectivity index (χ3v) is 1.67. The van der Waals surface area contributed by atoms with Crippen molar-refractivity contribution >= 4 is 17.3 Å². The van der Waals surface area contributed by atoms with Gasteiger partial charge in [0.15, 0.2) is 0 Å². The van der Waals surface area contributed by atoms with Crippen molar-refractivity contribution in [1.82, 2.24) is 0 Å². The summed E-state index contributed by atoms with van der Waals surface area (Å²) >= 11 is 5.64. The summed E-state index contributed by atoms with van der Waals surface area (Å²) < 4.78 is 18.0. The highest BCUT2D eigenvalue weighted by Crippen LogP contribution is 2.18. The van der Waals surface area contributed by atoms with E-state index in [1.54, 1.807) is 19.1 Å². The molecule has 0 aromatic heterocycles. The lowest BCUT2D eigenvalue weighted by molar-refractivity contribution is 0.474. The Labute approximate surface area is 119 Å². The van der Waals surface area contributed by atoms with Gasteiger partial charge in [-0.25, -0.2) is 4.39 Å². The number of ether oxygens (including phenoxy) is 1. The summed E-state index contributed by atoms with van der Waals surface area (Å²) in [6.45, 7) is 8.94. The Kier molecular flexibility index (Phi) is 13.2. The van der Waals surface area contributed by atoms with Crippen LogP contribution in [0.15, 0.2) is 43.3 Å². The van der Waals surface area contributed by atoms with E-state index in [9.17, 15) is 4.39 Å². The van der Waals surface area contributed by atoms with E-state index in [4.69, 9.17) is 22.1 Å². The van der Waals surface area contributed by atoms with E-state index in [2.05, 4.69) is 12.3 Å². The number of hydrogen-bond donors (Lipinski definition) is 2. The van der Waals surface area contributed by atoms with Crippen LogP contribution in [0.5, 0.6) is 5.75 Å². The summed E-state index contributed by atoms with van der Waals surface area (Å²) in [5.74, 6) is -0.0971. The average molecular weight is 289 g/mol. The fraction of sp³-hybridized carbons (Fsp3) is 0.286. The van der Waals surface area contributed by atoms with Crippen LogP contribution in [0.4, 0.5) is 10.1 Å². The number of alkyl halides is 1. The van der Waals surface area contributed by atoms with Crippen molar-refractivity contribution in [2.24, 2.45) is 5.73 Å². The maximum absolute atomic E-state index is 12.9. The Morgan fingerprint density at radius 2 is 1.95 bits per heavy atom. The van der Waals surface area contributed by atoms with E-state index >= 15 is 0 Å². The van der Waals surface area contributed by atoms with E-state index in [0.717, 1.165) is 0 Å². The smallest absolute Gasteiger partial charge is 0.149 e. The van der Waals surface area contributed by atoms with Gasteiger partial charge in [0.2, 0.25) is 0 Å². The molecule has 1 aromatic carbocycles. The van der Waals surface area contributed by atoms with Crippen molar-refractivity contribution in [3.63, 3.8) is 0 Å². The normalized spacial score (nSPS) is 10.6. The van der Waals surface area contributed by atoms with E-state index in [0.29, 0.717) is 5.75 Å². The summed E-state index contributed by atoms with van der Waals surface area (Å²) in [4.78, 5) is 0. The van der Waals surface area contributed by atoms with Crippen LogP contribution in [0.1, 0.15) is 20.8 Å². The number of anilines is 1. The minimum atomic E-state index is -0.491. The second-order valence-electron chi connectivity index (χ2n) is 3.04. The maximum atomic E-state index is 12.9. The van der Waals surface area contributed by atoms with Gasteiger partial charge in [0, 0.05) is 6.07 Å². The zero-order chi connectivity index (χ0) is 15.3. The van der Waals surface area contributed by atoms with Crippen LogP contribution < -0.4 is 16.2 Å². The molecule has 0 aliphatic carbocycles. The van der Waals surface area contributed by atoms with Crippen LogP contribution in [0, 0.1) is 5.82 Å². The highest BCUT2D eigenvalue weighted by Gasteiger charge is 1.99. The zero-order valence-corrected chi connectivity index (χ0v) is 12.3. The molecule has 4 N–H and O–H groups in total. The predicted molar refractivity (Wildman–Crippen MR) is 81.6 cm³/mol. The van der Waals surface area contributed by atoms with E-state index in [-0.39, 0.29) is 11.1 Å². The molecule has 0 heterocycles. The maximum Gasteiger partial charge on any atom is 0.149 e. The van der Waals surface area contributed by atoms with Gasteiger partial charge in [-0.3, -0.25) is 0 Å². The molecular weight excluding hydrogens is 267 g/mol. The van der Waals surface area contributed by atoms with Gasteiger partial charge in [-0.2, -0.15) is 0 Å². The van der Waals surface area contributed by atoms with E-state index < -0.39 is 5.82 Å². The average Bonchev–Trinajstić information content (AvgIpc) is 2.37. The van der Waals surface area contributed by atoms with Gasteiger partial charge >= 0.3 is 0 Å². The number of nitrogen functional groups attached to an aromatic ring is 1. The van der Waals surface area contributed by atoms with Gasteiger partial charge in [-0.15, -0.1) is 11.6 Å². The molecule has 0 spiro atoms. The first-order valence-corrected chi connectivity index (χ1v) is 6.30. The number of nitrogens with two attached hydrogens (primary N) is 2. The topological polar surface area (TPSA) is 61.3 Å². The zero-order valence-electron chi connectivity index (χ0n) is 11.6. The molecule has 0 saturated carbocycles. The molecule has 0 aliphatic rings. The van der Waals surface area contributed by atoms with Gasteiger partial charge in [-0.1, -0.05) is 20.4 Å². The van der Waals surface area contributed by atoms with Crippen molar-refractivity contribution in [2.45, 2.75) is 26.1 Å². The molecule has 1 aromatic rings. The van der Waals surface area contributed by atoms with Gasteiger partial charge < -0.3 is 16.2 Å². The van der Waals surface area contributed by atoms with Crippen LogP contribution in [-0.2, 0) is 0 Å². The quantitative estimate of drug-likeness (QED) is 0.501. The molecule has 108 valence electrons. The van der Waals surface area contributed by atoms with Gasteiger partial charge in [0.1, 0.15) is 11.6 Å². The molecule has 0 amide bonds. The lowest BCUT2D eigenvalue weighted by atomic mass is 10.3. The Morgan fingerprint density at radius 1 is 1.42 bits per heavy atom. The highest BCUT2D eigenvalue weighted by atomic mass is 35.5. The molecule has 1 rings (SSSR count). The van der Waals surface area contributed by atoms with Gasteiger partial charge in [0.25, 0.3) is 0 Å². The standard InChI is InChI=1S/C10H11ClFNO.C2H5N.C2H6/c1-7(11)4-5-14-8-2-3-10(13)9(12)6-8;1-2-3;1-2/h2-7H,13H2,1H3;2H,1,3H2;1-2H3/b5-4+;;. The number of allylic oxidation sites excluding steroid dienone is 1. The number of benzene rings is 1. The van der Waals surface area contributed by atoms with Crippen LogP contribution in [-0.4, -0.2) is 5.38 Å². The summed E-state index contributed by atoms with van der Waals surface area (Å²) in [5.41, 5.74) is 10.0. The third-order valence-electron chi connectivity index (χ3n) is 1.52. The highest BCUT2D eigenvalue weighted by molar-refractivity contribution is 6.21. The molecule has 3 nitrogen and oxygen atoms in total. The first-order valence-electron chi connectivity index (χ1n) is 5.86. The summed E-state index contributed by atoms with van der Waals surface area (Å²) in [5, 5.41) is -0.117. The Morgan fingerprint density at radius 3 is 2.37 bits per heavy atom. The molecule has 19 heavy (non-hydrogen) atoms. The summed E-state index contributed by atoms with van der Waals surface area (Å²) in [6.07, 6.45) is 4.32. The molecule has 1 unspecified atom stereocenters. The van der Waals surface area contributed by atoms with E-state index in [1.807, 2.05) is 13.8 Å². The summed E-state index contributed by atoms with van der Waals surface area (Å²) in [7, 11) is 0. The second kappa shape index (κ2) is 12.8. The van der Waals surface area contributed by atoms with Crippen LogP contribution in [0.2, 0.25) is 0 Å². The Balaban J connectivity index is 0. The van der Waals surface area contributed by atoms with Crippen LogP contribution >= 0.6 is 11.6 Å². The minimum absolute atomic E-state index is 0.104. The predicted octanol–water partition coefficient (Wildman–Crippen LogP) is 4.04. The number of hydrogen-bond acceptors (Lipinski definition) is 3. The molecule has 5 heteroatoms. The molecular formula is C14H22ClFN2O. The molecule has 0 radical (unpaired) electrons. The Bertz CT molecular complexity index is 382. The molecule has 0 fully saturated rings. The van der Waals surface area contributed by atoms with Crippen LogP contribution in [0.3, 0.4) is 0 Å². The number of rotatable bonds is 3. The number of halogens is 2. The van der Waals surface area contributed by atoms with Crippen molar-refractivity contribution in [3.8, 4) is 5.75 Å². The first kappa shape index (κ1) is 19.7. The molecule has 0 bridgehead atoms. The SMILES string of the molecule is C=CN.CC.CC(Cl)/C=C/Oc1ccc(N)c(F)c1. The Hall–Kier alpha value is -1.68. The molecule has 0 aliphatic heterocycles. The lowest BCUT2D eigenvalue weighted by Gasteiger charge is -2.01. The van der Waals surface area contributed by atoms with Crippen LogP contribution in [0.25, 0.3) is 0 Å². The largest absolute Gasteiger partial charge is 0.465 e. The second-order valence-corrected chi connectivity index (χ2v) is 3.73. The van der Waals surface area contributed by atoms with Crippen molar-refractivity contribution in [2.75, 3.05) is 5.73 Å². The van der Waals surface area contributed by atoms with Crippen molar-refractivity contribution in [3.05, 3.63) is 49.1 Å². The van der Waals surface area contributed by atoms with Crippen molar-refractivity contribution in [1.29, 1.82) is 0 Å². The first-order chi connectivity index (χ1) is 9.01. The molecule has 1 atom stereocenters. The van der Waals surface area contributed by atoms with Crippen molar-refractivity contribution < 1.29 is 9.13 Å². The lowest BCUT2D eigenvalue weighted by Crippen LogP contribution is -1.91. The molecule has 0 saturated heterocycles. The monoisotopic (exact) mass is 288 g/mol. The van der Waals surface area contributed by atoms with Gasteiger partial charge in [0.05, 0.1) is 17.3 Å². The summed E-state index contributed by atoms with van der Waals surface area (Å²) in [6, 6.07) is 4.25. The minimum Gasteiger partial charge on any atom is -0.465 e. The van der Waals surface area contributed by atoms with Gasteiger partial charge in [-0.05, 0) is 31.3 Å². The third kappa shape index (κ3) is 11.2. The fourth-order valence-corrected chi connectivity index (χ4v) is 0.867.